The molecule has 0 N–H and O–H groups in total. The minimum absolute atomic E-state index is 0.603. The lowest BCUT2D eigenvalue weighted by Gasteiger charge is -2.09. The van der Waals surface area contributed by atoms with E-state index in [0.29, 0.717) is 6.61 Å². The van der Waals surface area contributed by atoms with Crippen molar-refractivity contribution in [1.82, 2.24) is 4.98 Å². The summed E-state index contributed by atoms with van der Waals surface area (Å²) >= 11 is 0. The van der Waals surface area contributed by atoms with Gasteiger partial charge in [-0.05, 0) is 50.3 Å². The average Bonchev–Trinajstić information content (AvgIpc) is 2.44. The largest absolute Gasteiger partial charge is 0.396 e. The zero-order chi connectivity index (χ0) is 12.6. The molecular weight excluding hydrogens is 224 g/mol. The Bertz CT molecular complexity index is 506. The highest BCUT2D eigenvalue weighted by molar-refractivity contribution is 5.96. The standard InChI is InChI=1S/C15H16N2O/c1-2-18-17-15-8-5-6-13(12-15)9-10-14-7-3-4-11-16-14/h3-4,7,11-12H,2,5-6,8H2,1H3/b17-15+. The quantitative estimate of drug-likeness (QED) is 0.588. The van der Waals surface area contributed by atoms with Crippen LogP contribution in [0.25, 0.3) is 0 Å². The number of rotatable bonds is 2. The zero-order valence-electron chi connectivity index (χ0n) is 10.5. The first-order valence-corrected chi connectivity index (χ1v) is 6.21. The lowest BCUT2D eigenvalue weighted by molar-refractivity contribution is 0.158. The van der Waals surface area contributed by atoms with Crippen molar-refractivity contribution in [2.45, 2.75) is 26.2 Å². The van der Waals surface area contributed by atoms with Gasteiger partial charge in [-0.25, -0.2) is 4.98 Å². The van der Waals surface area contributed by atoms with Crippen LogP contribution in [0.1, 0.15) is 31.9 Å². The Kier molecular flexibility index (Phi) is 4.54. The van der Waals surface area contributed by atoms with E-state index in [9.17, 15) is 0 Å². The van der Waals surface area contributed by atoms with Gasteiger partial charge >= 0.3 is 0 Å². The van der Waals surface area contributed by atoms with E-state index in [1.807, 2.05) is 31.2 Å². The van der Waals surface area contributed by atoms with Crippen LogP contribution in [0.15, 0.2) is 41.2 Å². The maximum Gasteiger partial charge on any atom is 0.114 e. The fraction of sp³-hybridized carbons (Fsp3) is 0.333. The van der Waals surface area contributed by atoms with Crippen molar-refractivity contribution in [3.8, 4) is 11.8 Å². The Morgan fingerprint density at radius 1 is 1.33 bits per heavy atom. The fourth-order valence-corrected chi connectivity index (χ4v) is 1.70. The summed E-state index contributed by atoms with van der Waals surface area (Å²) in [6, 6.07) is 5.73. The van der Waals surface area contributed by atoms with E-state index in [1.54, 1.807) is 6.20 Å². The van der Waals surface area contributed by atoms with E-state index in [0.717, 1.165) is 36.2 Å². The number of pyridine rings is 1. The third-order valence-corrected chi connectivity index (χ3v) is 2.55. The molecule has 2 rings (SSSR count). The molecule has 0 bridgehead atoms. The molecule has 92 valence electrons. The molecule has 18 heavy (non-hydrogen) atoms. The van der Waals surface area contributed by atoms with Crippen molar-refractivity contribution in [3.05, 3.63) is 41.7 Å². The Morgan fingerprint density at radius 2 is 2.28 bits per heavy atom. The normalized spacial score (nSPS) is 16.7. The summed E-state index contributed by atoms with van der Waals surface area (Å²) in [4.78, 5) is 9.24. The third kappa shape index (κ3) is 3.74. The van der Waals surface area contributed by atoms with Gasteiger partial charge in [0.25, 0.3) is 0 Å². The summed E-state index contributed by atoms with van der Waals surface area (Å²) in [5, 5.41) is 4.06. The second-order valence-electron chi connectivity index (χ2n) is 3.99. The zero-order valence-corrected chi connectivity index (χ0v) is 10.5. The first-order valence-electron chi connectivity index (χ1n) is 6.21. The van der Waals surface area contributed by atoms with E-state index in [4.69, 9.17) is 4.84 Å². The second-order valence-corrected chi connectivity index (χ2v) is 3.99. The highest BCUT2D eigenvalue weighted by Crippen LogP contribution is 2.15. The summed E-state index contributed by atoms with van der Waals surface area (Å²) in [5.74, 6) is 6.22. The number of oxime groups is 1. The molecule has 3 nitrogen and oxygen atoms in total. The molecule has 0 unspecified atom stereocenters. The van der Waals surface area contributed by atoms with Gasteiger partial charge in [0.2, 0.25) is 0 Å². The number of hydrogen-bond acceptors (Lipinski definition) is 3. The van der Waals surface area contributed by atoms with Gasteiger partial charge in [0, 0.05) is 11.8 Å². The molecule has 1 aliphatic rings. The van der Waals surface area contributed by atoms with E-state index in [-0.39, 0.29) is 0 Å². The molecule has 0 aliphatic heterocycles. The molecule has 0 fully saturated rings. The van der Waals surface area contributed by atoms with Crippen molar-refractivity contribution >= 4 is 5.71 Å². The Balaban J connectivity index is 2.10. The molecule has 0 saturated carbocycles. The highest BCUT2D eigenvalue weighted by Gasteiger charge is 2.07. The maximum atomic E-state index is 5.07. The number of hydrogen-bond donors (Lipinski definition) is 0. The number of nitrogens with zero attached hydrogens (tertiary/aromatic N) is 2. The highest BCUT2D eigenvalue weighted by atomic mass is 16.6. The molecule has 1 aromatic heterocycles. The van der Waals surface area contributed by atoms with Crippen molar-refractivity contribution in [2.24, 2.45) is 5.16 Å². The van der Waals surface area contributed by atoms with Crippen molar-refractivity contribution in [3.63, 3.8) is 0 Å². The van der Waals surface area contributed by atoms with Crippen LogP contribution in [0.3, 0.4) is 0 Å². The van der Waals surface area contributed by atoms with Crippen molar-refractivity contribution in [1.29, 1.82) is 0 Å². The molecule has 0 radical (unpaired) electrons. The molecule has 3 heteroatoms. The van der Waals surface area contributed by atoms with Crippen molar-refractivity contribution in [2.75, 3.05) is 6.61 Å². The molecule has 0 amide bonds. The monoisotopic (exact) mass is 240 g/mol. The maximum absolute atomic E-state index is 5.07. The van der Waals surface area contributed by atoms with Crippen LogP contribution in [0.5, 0.6) is 0 Å². The van der Waals surface area contributed by atoms with Gasteiger partial charge in [-0.2, -0.15) is 0 Å². The van der Waals surface area contributed by atoms with E-state index < -0.39 is 0 Å². The van der Waals surface area contributed by atoms with E-state index in [1.165, 1.54) is 0 Å². The summed E-state index contributed by atoms with van der Waals surface area (Å²) < 4.78 is 0. The topological polar surface area (TPSA) is 34.5 Å². The van der Waals surface area contributed by atoms with Crippen LogP contribution in [0.2, 0.25) is 0 Å². The van der Waals surface area contributed by atoms with Crippen LogP contribution in [0.4, 0.5) is 0 Å². The molecule has 0 aromatic carbocycles. The fourth-order valence-electron chi connectivity index (χ4n) is 1.70. The minimum Gasteiger partial charge on any atom is -0.396 e. The molecule has 0 atom stereocenters. The van der Waals surface area contributed by atoms with E-state index >= 15 is 0 Å². The average molecular weight is 240 g/mol. The Morgan fingerprint density at radius 3 is 3.06 bits per heavy atom. The number of allylic oxidation sites excluding steroid dienone is 2. The Labute approximate surface area is 108 Å². The molecule has 0 spiro atoms. The summed E-state index contributed by atoms with van der Waals surface area (Å²) in [6.07, 6.45) is 6.82. The molecule has 0 saturated heterocycles. The minimum atomic E-state index is 0.603. The van der Waals surface area contributed by atoms with Gasteiger partial charge < -0.3 is 4.84 Å². The summed E-state index contributed by atoms with van der Waals surface area (Å²) in [6.45, 7) is 2.53. The van der Waals surface area contributed by atoms with Crippen LogP contribution in [-0.2, 0) is 4.84 Å². The van der Waals surface area contributed by atoms with Gasteiger partial charge in [0.05, 0.1) is 5.71 Å². The van der Waals surface area contributed by atoms with Crippen LogP contribution in [0, 0.1) is 11.8 Å². The van der Waals surface area contributed by atoms with Crippen LogP contribution in [-0.4, -0.2) is 17.3 Å². The first kappa shape index (κ1) is 12.4. The summed E-state index contributed by atoms with van der Waals surface area (Å²) in [7, 11) is 0. The van der Waals surface area contributed by atoms with Crippen molar-refractivity contribution < 1.29 is 4.84 Å². The predicted octanol–water partition coefficient (Wildman–Crippen LogP) is 2.94. The third-order valence-electron chi connectivity index (χ3n) is 2.55. The van der Waals surface area contributed by atoms with Gasteiger partial charge in [0.1, 0.15) is 12.3 Å². The SMILES string of the molecule is CCO/N=C1/C=C(C#Cc2ccccn2)CCC1. The first-order chi connectivity index (χ1) is 8.88. The molecule has 1 aromatic rings. The lowest BCUT2D eigenvalue weighted by Crippen LogP contribution is -2.03. The molecular formula is C15H16N2O. The van der Waals surface area contributed by atoms with Gasteiger partial charge in [0.15, 0.2) is 0 Å². The second kappa shape index (κ2) is 6.61. The van der Waals surface area contributed by atoms with Gasteiger partial charge in [-0.3, -0.25) is 0 Å². The number of aromatic nitrogens is 1. The van der Waals surface area contributed by atoms with Crippen LogP contribution < -0.4 is 0 Å². The lowest BCUT2D eigenvalue weighted by atomic mass is 9.98. The smallest absolute Gasteiger partial charge is 0.114 e. The van der Waals surface area contributed by atoms with E-state index in [2.05, 4.69) is 22.0 Å². The van der Waals surface area contributed by atoms with Gasteiger partial charge in [-0.15, -0.1) is 0 Å². The summed E-state index contributed by atoms with van der Waals surface area (Å²) in [5.41, 5.74) is 2.88. The predicted molar refractivity (Wildman–Crippen MR) is 72.1 cm³/mol. The van der Waals surface area contributed by atoms with Gasteiger partial charge in [-0.1, -0.05) is 17.1 Å². The molecule has 1 heterocycles. The van der Waals surface area contributed by atoms with Crippen LogP contribution >= 0.6 is 0 Å². The molecule has 1 aliphatic carbocycles. The Hall–Kier alpha value is -2.08.